The first kappa shape index (κ1) is 21.5. The number of rotatable bonds is 7. The second kappa shape index (κ2) is 9.95. The largest absolute Gasteiger partial charge is 0.370 e. The number of benzene rings is 1. The van der Waals surface area contributed by atoms with Gasteiger partial charge in [-0.2, -0.15) is 0 Å². The Balaban J connectivity index is 2.17. The highest BCUT2D eigenvalue weighted by Crippen LogP contribution is 2.33. The molecule has 1 heterocycles. The first-order valence-corrected chi connectivity index (χ1v) is 8.72. The Kier molecular flexibility index (Phi) is 7.64. The van der Waals surface area contributed by atoms with Gasteiger partial charge in [-0.25, -0.2) is 13.6 Å². The van der Waals surface area contributed by atoms with E-state index in [2.05, 4.69) is 16.0 Å². The van der Waals surface area contributed by atoms with E-state index in [9.17, 15) is 23.2 Å². The Hall–Kier alpha value is -2.79. The highest BCUT2D eigenvalue weighted by molar-refractivity contribution is 5.99. The Labute approximate surface area is 160 Å². The number of urea groups is 1. The van der Waals surface area contributed by atoms with E-state index in [0.717, 1.165) is 6.07 Å². The summed E-state index contributed by atoms with van der Waals surface area (Å²) in [5.74, 6) is -1.07. The van der Waals surface area contributed by atoms with Crippen molar-refractivity contribution in [3.05, 3.63) is 23.8 Å². The van der Waals surface area contributed by atoms with E-state index in [1.54, 1.807) is 6.92 Å². The average molecular weight is 399 g/mol. The van der Waals surface area contributed by atoms with E-state index in [0.29, 0.717) is 6.54 Å². The van der Waals surface area contributed by atoms with E-state index < -0.39 is 35.9 Å². The summed E-state index contributed by atoms with van der Waals surface area (Å²) in [6.45, 7) is 2.14. The average Bonchev–Trinajstić information content (AvgIpc) is 2.66. The van der Waals surface area contributed by atoms with Crippen molar-refractivity contribution < 1.29 is 27.9 Å². The first-order chi connectivity index (χ1) is 13.4. The quantitative estimate of drug-likeness (QED) is 0.533. The van der Waals surface area contributed by atoms with Crippen molar-refractivity contribution in [2.75, 3.05) is 43.1 Å². The molecular weight excluding hydrogens is 376 g/mol. The van der Waals surface area contributed by atoms with Gasteiger partial charge in [0.25, 0.3) is 12.3 Å². The molecule has 1 atom stereocenters. The number of morpholine rings is 1. The standard InChI is InChI=1S/C17H23F2N5O4/c1-2-21-17(27)23-12(8-20)16(26)22-10-3-4-13(11(7-10)15(18)19)24-5-6-28-9-14(24)25/h3-4,7,12,15H,2,5-6,8-9,20H2,1H3,(H,22,26)(H2,21,23,27)/t12-/m1/s1. The molecule has 1 aliphatic rings. The fourth-order valence-electron chi connectivity index (χ4n) is 2.66. The van der Waals surface area contributed by atoms with Crippen molar-refractivity contribution in [3.8, 4) is 0 Å². The van der Waals surface area contributed by atoms with Crippen LogP contribution in [-0.4, -0.2) is 56.7 Å². The Bertz CT molecular complexity index is 731. The zero-order chi connectivity index (χ0) is 20.7. The third-order valence-electron chi connectivity index (χ3n) is 4.00. The smallest absolute Gasteiger partial charge is 0.315 e. The van der Waals surface area contributed by atoms with Gasteiger partial charge in [-0.1, -0.05) is 0 Å². The van der Waals surface area contributed by atoms with Crippen LogP contribution in [0.5, 0.6) is 0 Å². The van der Waals surface area contributed by atoms with Crippen LogP contribution in [-0.2, 0) is 14.3 Å². The van der Waals surface area contributed by atoms with E-state index in [-0.39, 0.29) is 37.7 Å². The first-order valence-electron chi connectivity index (χ1n) is 8.72. The minimum atomic E-state index is -2.86. The van der Waals surface area contributed by atoms with Gasteiger partial charge in [-0.15, -0.1) is 0 Å². The van der Waals surface area contributed by atoms with Gasteiger partial charge in [0.2, 0.25) is 5.91 Å². The van der Waals surface area contributed by atoms with E-state index >= 15 is 0 Å². The van der Waals surface area contributed by atoms with Crippen LogP contribution in [0.3, 0.4) is 0 Å². The van der Waals surface area contributed by atoms with Gasteiger partial charge in [-0.3, -0.25) is 9.59 Å². The Morgan fingerprint density at radius 3 is 2.71 bits per heavy atom. The summed E-state index contributed by atoms with van der Waals surface area (Å²) in [6.07, 6.45) is -2.86. The fourth-order valence-corrected chi connectivity index (χ4v) is 2.66. The monoisotopic (exact) mass is 399 g/mol. The molecule has 9 nitrogen and oxygen atoms in total. The molecule has 1 aromatic carbocycles. The van der Waals surface area contributed by atoms with Crippen molar-refractivity contribution >= 4 is 29.2 Å². The Morgan fingerprint density at radius 1 is 1.36 bits per heavy atom. The van der Waals surface area contributed by atoms with Crippen LogP contribution in [0.1, 0.15) is 18.9 Å². The van der Waals surface area contributed by atoms with Crippen LogP contribution in [0.25, 0.3) is 0 Å². The summed E-state index contributed by atoms with van der Waals surface area (Å²) >= 11 is 0. The molecule has 2 rings (SSSR count). The SMILES string of the molecule is CCNC(=O)N[C@H](CN)C(=O)Nc1ccc(N2CCOCC2=O)c(C(F)F)c1. The van der Waals surface area contributed by atoms with Gasteiger partial charge >= 0.3 is 6.03 Å². The molecule has 154 valence electrons. The normalized spacial score (nSPS) is 15.3. The van der Waals surface area contributed by atoms with Crippen LogP contribution in [0.4, 0.5) is 25.0 Å². The van der Waals surface area contributed by atoms with Gasteiger partial charge in [0.05, 0.1) is 12.3 Å². The fraction of sp³-hybridized carbons (Fsp3) is 0.471. The molecule has 1 aromatic rings. The lowest BCUT2D eigenvalue weighted by molar-refractivity contribution is -0.125. The lowest BCUT2D eigenvalue weighted by atomic mass is 10.1. The maximum Gasteiger partial charge on any atom is 0.315 e. The highest BCUT2D eigenvalue weighted by atomic mass is 19.3. The molecular formula is C17H23F2N5O4. The molecule has 0 aliphatic carbocycles. The summed E-state index contributed by atoms with van der Waals surface area (Å²) in [4.78, 5) is 37.0. The van der Waals surface area contributed by atoms with Crippen molar-refractivity contribution in [1.29, 1.82) is 0 Å². The lowest BCUT2D eigenvalue weighted by Crippen LogP contribution is -2.51. The zero-order valence-electron chi connectivity index (χ0n) is 15.3. The molecule has 0 aromatic heterocycles. The highest BCUT2D eigenvalue weighted by Gasteiger charge is 2.26. The number of halogens is 2. The van der Waals surface area contributed by atoms with Gasteiger partial charge in [0.1, 0.15) is 12.6 Å². The van der Waals surface area contributed by atoms with Crippen LogP contribution in [0.2, 0.25) is 0 Å². The van der Waals surface area contributed by atoms with Crippen LogP contribution < -0.4 is 26.6 Å². The van der Waals surface area contributed by atoms with Crippen LogP contribution in [0.15, 0.2) is 18.2 Å². The lowest BCUT2D eigenvalue weighted by Gasteiger charge is -2.29. The number of hydrogen-bond donors (Lipinski definition) is 4. The van der Waals surface area contributed by atoms with Crippen molar-refractivity contribution in [2.24, 2.45) is 5.73 Å². The topological polar surface area (TPSA) is 126 Å². The molecule has 1 aliphatic heterocycles. The number of hydrogen-bond acceptors (Lipinski definition) is 5. The van der Waals surface area contributed by atoms with Crippen LogP contribution >= 0.6 is 0 Å². The van der Waals surface area contributed by atoms with Crippen molar-refractivity contribution in [1.82, 2.24) is 10.6 Å². The number of carbonyl (C=O) groups is 3. The van der Waals surface area contributed by atoms with E-state index in [4.69, 9.17) is 10.5 Å². The van der Waals surface area contributed by atoms with Gasteiger partial charge in [0.15, 0.2) is 0 Å². The Morgan fingerprint density at radius 2 is 2.11 bits per heavy atom. The molecule has 1 fully saturated rings. The summed E-state index contributed by atoms with van der Waals surface area (Å²) < 4.78 is 32.1. The maximum absolute atomic E-state index is 13.5. The number of anilines is 2. The van der Waals surface area contributed by atoms with Crippen molar-refractivity contribution in [2.45, 2.75) is 19.4 Å². The predicted octanol–water partition coefficient (Wildman–Crippen LogP) is 0.572. The molecule has 11 heteroatoms. The minimum Gasteiger partial charge on any atom is -0.370 e. The third-order valence-corrected chi connectivity index (χ3v) is 4.00. The number of nitrogens with one attached hydrogen (secondary N) is 3. The van der Waals surface area contributed by atoms with E-state index in [1.165, 1.54) is 17.0 Å². The molecule has 0 saturated carbocycles. The van der Waals surface area contributed by atoms with E-state index in [1.807, 2.05) is 0 Å². The molecule has 28 heavy (non-hydrogen) atoms. The molecule has 0 spiro atoms. The second-order valence-corrected chi connectivity index (χ2v) is 5.95. The summed E-state index contributed by atoms with van der Waals surface area (Å²) in [5, 5.41) is 7.31. The minimum absolute atomic E-state index is 0.0668. The molecule has 0 radical (unpaired) electrons. The predicted molar refractivity (Wildman–Crippen MR) is 98.3 cm³/mol. The van der Waals surface area contributed by atoms with Gasteiger partial charge in [0, 0.05) is 30.9 Å². The molecule has 1 saturated heterocycles. The zero-order valence-corrected chi connectivity index (χ0v) is 15.3. The number of nitrogens with two attached hydrogens (primary N) is 1. The van der Waals surface area contributed by atoms with Gasteiger partial charge < -0.3 is 31.3 Å². The number of nitrogens with zero attached hydrogens (tertiary/aromatic N) is 1. The summed E-state index contributed by atoms with van der Waals surface area (Å²) in [5.41, 5.74) is 5.28. The van der Waals surface area contributed by atoms with Crippen molar-refractivity contribution in [3.63, 3.8) is 0 Å². The van der Waals surface area contributed by atoms with Crippen LogP contribution in [0, 0.1) is 0 Å². The number of amides is 4. The van der Waals surface area contributed by atoms with Gasteiger partial charge in [-0.05, 0) is 25.1 Å². The number of carbonyl (C=O) groups excluding carboxylic acids is 3. The molecule has 4 amide bonds. The molecule has 0 bridgehead atoms. The third kappa shape index (κ3) is 5.36. The molecule has 0 unspecified atom stereocenters. The second-order valence-electron chi connectivity index (χ2n) is 5.95. The number of ether oxygens (including phenoxy) is 1. The summed E-state index contributed by atoms with van der Waals surface area (Å²) in [6, 6.07) is 2.24. The molecule has 5 N–H and O–H groups in total. The number of alkyl halides is 2. The maximum atomic E-state index is 13.5. The summed E-state index contributed by atoms with van der Waals surface area (Å²) in [7, 11) is 0.